The predicted octanol–water partition coefficient (Wildman–Crippen LogP) is 3.24. The van der Waals surface area contributed by atoms with Crippen molar-refractivity contribution < 1.29 is 19.1 Å². The molecule has 2 aliphatic rings. The van der Waals surface area contributed by atoms with E-state index in [1.165, 1.54) is 11.1 Å². The number of fused-ring (bicyclic) bond motifs is 1. The second-order valence-electron chi connectivity index (χ2n) is 7.97. The summed E-state index contributed by atoms with van der Waals surface area (Å²) < 4.78 is 10.9. The first-order valence-electron chi connectivity index (χ1n) is 11.2. The van der Waals surface area contributed by atoms with E-state index in [2.05, 4.69) is 22.3 Å². The molecule has 1 N–H and O–H groups in total. The van der Waals surface area contributed by atoms with Gasteiger partial charge in [-0.25, -0.2) is 4.99 Å². The lowest BCUT2D eigenvalue weighted by molar-refractivity contribution is -0.153. The highest BCUT2D eigenvalue weighted by Crippen LogP contribution is 2.32. The number of rotatable bonds is 6. The smallest absolute Gasteiger partial charge is 0.321 e. The zero-order valence-corrected chi connectivity index (χ0v) is 18.5. The highest BCUT2D eigenvalue weighted by molar-refractivity contribution is 6.08. The Morgan fingerprint density at radius 2 is 1.88 bits per heavy atom. The van der Waals surface area contributed by atoms with Crippen molar-refractivity contribution in [1.82, 2.24) is 10.2 Å². The lowest BCUT2D eigenvalue weighted by Crippen LogP contribution is -2.53. The molecule has 0 saturated heterocycles. The molecule has 0 spiro atoms. The van der Waals surface area contributed by atoms with Crippen LogP contribution in [0.25, 0.3) is 0 Å². The summed E-state index contributed by atoms with van der Waals surface area (Å²) in [4.78, 5) is 32.6. The van der Waals surface area contributed by atoms with Crippen LogP contribution in [0.1, 0.15) is 43.0 Å². The van der Waals surface area contributed by atoms with Crippen LogP contribution >= 0.6 is 0 Å². The molecule has 0 saturated carbocycles. The molecular formula is C25H29N3O4. The molecule has 7 heteroatoms. The van der Waals surface area contributed by atoms with Crippen LogP contribution in [-0.2, 0) is 27.3 Å². The van der Waals surface area contributed by atoms with Gasteiger partial charge in [-0.05, 0) is 48.6 Å². The number of carbonyl (C=O) groups excluding carboxylic acids is 2. The molecule has 0 aromatic heterocycles. The lowest BCUT2D eigenvalue weighted by atomic mass is 9.91. The van der Waals surface area contributed by atoms with E-state index in [9.17, 15) is 9.59 Å². The molecule has 7 nitrogen and oxygen atoms in total. The molecule has 1 amide bonds. The fraction of sp³-hybridized carbons (Fsp3) is 0.400. The zero-order chi connectivity index (χ0) is 22.5. The normalized spacial score (nSPS) is 20.1. The van der Waals surface area contributed by atoms with Crippen molar-refractivity contribution in [2.75, 3.05) is 19.8 Å². The second kappa shape index (κ2) is 9.85. The summed E-state index contributed by atoms with van der Waals surface area (Å²) in [6, 6.07) is 15.1. The van der Waals surface area contributed by atoms with E-state index in [1.807, 2.05) is 43.3 Å². The van der Waals surface area contributed by atoms with Gasteiger partial charge in [-0.2, -0.15) is 0 Å². The number of esters is 1. The number of carbonyl (C=O) groups is 2. The van der Waals surface area contributed by atoms with Gasteiger partial charge >= 0.3 is 5.97 Å². The van der Waals surface area contributed by atoms with E-state index in [0.29, 0.717) is 19.1 Å². The van der Waals surface area contributed by atoms with Gasteiger partial charge in [-0.3, -0.25) is 14.9 Å². The van der Waals surface area contributed by atoms with Gasteiger partial charge in [0.2, 0.25) is 11.9 Å². The van der Waals surface area contributed by atoms with Crippen molar-refractivity contribution in [2.24, 2.45) is 10.9 Å². The topological polar surface area (TPSA) is 80.2 Å². The number of aliphatic imine (C=N–C) groups is 1. The van der Waals surface area contributed by atoms with Crippen molar-refractivity contribution in [2.45, 2.75) is 39.3 Å². The van der Waals surface area contributed by atoms with Crippen molar-refractivity contribution in [3.8, 4) is 5.75 Å². The Balaban J connectivity index is 1.64. The Bertz CT molecular complexity index is 1000. The number of nitrogens with zero attached hydrogens (tertiary/aromatic N) is 2. The molecule has 2 aromatic carbocycles. The summed E-state index contributed by atoms with van der Waals surface area (Å²) in [5.74, 6) is -0.725. The Kier molecular flexibility index (Phi) is 6.73. The van der Waals surface area contributed by atoms with Crippen LogP contribution < -0.4 is 10.1 Å². The van der Waals surface area contributed by atoms with Crippen LogP contribution in [0.4, 0.5) is 0 Å². The standard InChI is InChI=1S/C25H29N3O4/c1-3-15-32-20-11-9-18(10-12-20)22-21(24(30)31-4-2)23(29)27-25(26-22)28-14-13-17-7-5-6-8-19(17)16-28/h5-12,21-22H,3-4,13-16H2,1-2H3,(H,26,27,29)/t21-,22+/m0/s1. The van der Waals surface area contributed by atoms with Crippen LogP contribution in [0.15, 0.2) is 53.5 Å². The first-order chi connectivity index (χ1) is 15.6. The SMILES string of the molecule is CCCOc1ccc([C@H]2N=C(N3CCc4ccccc4C3)NC(=O)[C@H]2C(=O)OCC)cc1. The van der Waals surface area contributed by atoms with E-state index in [1.54, 1.807) is 6.92 Å². The Morgan fingerprint density at radius 1 is 1.12 bits per heavy atom. The maximum absolute atomic E-state index is 13.1. The zero-order valence-electron chi connectivity index (χ0n) is 18.5. The summed E-state index contributed by atoms with van der Waals surface area (Å²) in [5, 5.41) is 2.86. The monoisotopic (exact) mass is 435 g/mol. The number of guanidine groups is 1. The van der Waals surface area contributed by atoms with E-state index < -0.39 is 17.9 Å². The molecule has 0 radical (unpaired) electrons. The first kappa shape index (κ1) is 21.9. The summed E-state index contributed by atoms with van der Waals surface area (Å²) in [6.45, 7) is 6.03. The summed E-state index contributed by atoms with van der Waals surface area (Å²) in [7, 11) is 0. The Labute approximate surface area is 188 Å². The fourth-order valence-electron chi connectivity index (χ4n) is 4.12. The quantitative estimate of drug-likeness (QED) is 0.557. The van der Waals surface area contributed by atoms with Crippen LogP contribution in [0, 0.1) is 5.92 Å². The maximum atomic E-state index is 13.1. The maximum Gasteiger partial charge on any atom is 0.321 e. The second-order valence-corrected chi connectivity index (χ2v) is 7.97. The first-order valence-corrected chi connectivity index (χ1v) is 11.2. The Morgan fingerprint density at radius 3 is 2.59 bits per heavy atom. The number of hydrogen-bond donors (Lipinski definition) is 1. The minimum Gasteiger partial charge on any atom is -0.494 e. The van der Waals surface area contributed by atoms with Gasteiger partial charge in [0.25, 0.3) is 0 Å². The molecule has 0 fully saturated rings. The molecule has 2 atom stereocenters. The van der Waals surface area contributed by atoms with Crippen LogP contribution in [-0.4, -0.2) is 42.5 Å². The van der Waals surface area contributed by atoms with E-state index in [-0.39, 0.29) is 12.5 Å². The number of ether oxygens (including phenoxy) is 2. The van der Waals surface area contributed by atoms with Gasteiger partial charge in [-0.1, -0.05) is 43.3 Å². The summed E-state index contributed by atoms with van der Waals surface area (Å²) in [6.07, 6.45) is 1.79. The number of nitrogens with one attached hydrogen (secondary N) is 1. The minimum atomic E-state index is -1.03. The predicted molar refractivity (Wildman–Crippen MR) is 121 cm³/mol. The third-order valence-corrected chi connectivity index (χ3v) is 5.76. The van der Waals surface area contributed by atoms with Crippen molar-refractivity contribution in [1.29, 1.82) is 0 Å². The van der Waals surface area contributed by atoms with Crippen molar-refractivity contribution >= 4 is 17.8 Å². The van der Waals surface area contributed by atoms with E-state index >= 15 is 0 Å². The minimum absolute atomic E-state index is 0.207. The molecule has 2 aromatic rings. The van der Waals surface area contributed by atoms with Crippen LogP contribution in [0.2, 0.25) is 0 Å². The summed E-state index contributed by atoms with van der Waals surface area (Å²) >= 11 is 0. The molecule has 4 rings (SSSR count). The van der Waals surface area contributed by atoms with Gasteiger partial charge < -0.3 is 14.4 Å². The fourth-order valence-corrected chi connectivity index (χ4v) is 4.12. The average molecular weight is 436 g/mol. The van der Waals surface area contributed by atoms with Gasteiger partial charge in [0, 0.05) is 13.1 Å². The molecule has 0 aliphatic carbocycles. The Hall–Kier alpha value is -3.35. The average Bonchev–Trinajstić information content (AvgIpc) is 2.82. The summed E-state index contributed by atoms with van der Waals surface area (Å²) in [5.41, 5.74) is 3.31. The number of amides is 1. The molecule has 2 heterocycles. The lowest BCUT2D eigenvalue weighted by Gasteiger charge is -2.36. The third kappa shape index (κ3) is 4.61. The van der Waals surface area contributed by atoms with Gasteiger partial charge in [0.05, 0.1) is 13.2 Å². The molecule has 32 heavy (non-hydrogen) atoms. The van der Waals surface area contributed by atoms with Gasteiger partial charge in [-0.15, -0.1) is 0 Å². The largest absolute Gasteiger partial charge is 0.494 e. The van der Waals surface area contributed by atoms with Gasteiger partial charge in [0.1, 0.15) is 11.8 Å². The van der Waals surface area contributed by atoms with Crippen molar-refractivity contribution in [3.05, 3.63) is 65.2 Å². The van der Waals surface area contributed by atoms with Crippen molar-refractivity contribution in [3.63, 3.8) is 0 Å². The molecule has 168 valence electrons. The highest BCUT2D eigenvalue weighted by Gasteiger charge is 2.42. The molecule has 2 aliphatic heterocycles. The highest BCUT2D eigenvalue weighted by atomic mass is 16.5. The van der Waals surface area contributed by atoms with Crippen LogP contribution in [0.3, 0.4) is 0 Å². The number of benzene rings is 2. The molecule has 0 unspecified atom stereocenters. The molecule has 0 bridgehead atoms. The van der Waals surface area contributed by atoms with E-state index in [0.717, 1.165) is 30.7 Å². The third-order valence-electron chi connectivity index (χ3n) is 5.76. The van der Waals surface area contributed by atoms with Crippen LogP contribution in [0.5, 0.6) is 5.75 Å². The van der Waals surface area contributed by atoms with E-state index in [4.69, 9.17) is 14.5 Å². The number of hydrogen-bond acceptors (Lipinski definition) is 6. The molecular weight excluding hydrogens is 406 g/mol. The van der Waals surface area contributed by atoms with Gasteiger partial charge in [0.15, 0.2) is 5.92 Å².